The molecule has 64 valence electrons. The molecule has 1 aliphatic rings. The molecule has 4 nitrogen and oxygen atoms in total. The highest BCUT2D eigenvalue weighted by atomic mass is 16.1. The molecule has 0 bridgehead atoms. The van der Waals surface area contributed by atoms with Crippen LogP contribution in [-0.4, -0.2) is 30.3 Å². The maximum atomic E-state index is 9.93. The smallest absolute Gasteiger partial charge is 0.214 e. The summed E-state index contributed by atoms with van der Waals surface area (Å²) < 4.78 is 0. The van der Waals surface area contributed by atoms with Crippen LogP contribution in [0.5, 0.6) is 0 Å². The summed E-state index contributed by atoms with van der Waals surface area (Å²) in [5.74, 6) is -0.333. The van der Waals surface area contributed by atoms with E-state index < -0.39 is 0 Å². The fourth-order valence-corrected chi connectivity index (χ4v) is 0.847. The maximum absolute atomic E-state index is 9.93. The van der Waals surface area contributed by atoms with Crippen molar-refractivity contribution in [2.75, 3.05) is 13.1 Å². The Morgan fingerprint density at radius 1 is 1.45 bits per heavy atom. The van der Waals surface area contributed by atoms with Gasteiger partial charge in [0.05, 0.1) is 0 Å². The van der Waals surface area contributed by atoms with E-state index >= 15 is 0 Å². The zero-order chi connectivity index (χ0) is 8.69. The second-order valence-electron chi connectivity index (χ2n) is 2.46. The molecule has 0 aromatic carbocycles. The number of nitrogens with two attached hydrogens (primary N) is 1. The Bertz CT molecular complexity index is 126. The Labute approximate surface area is 66.4 Å². The van der Waals surface area contributed by atoms with Crippen molar-refractivity contribution in [3.63, 3.8) is 0 Å². The Morgan fingerprint density at radius 3 is 2.00 bits per heavy atom. The van der Waals surface area contributed by atoms with Crippen molar-refractivity contribution in [1.29, 1.82) is 0 Å². The van der Waals surface area contributed by atoms with Gasteiger partial charge in [-0.1, -0.05) is 0 Å². The third-order valence-corrected chi connectivity index (χ3v) is 1.29. The zero-order valence-corrected chi connectivity index (χ0v) is 6.75. The number of likely N-dealkylation sites (tertiary alicyclic amines) is 1. The lowest BCUT2D eigenvalue weighted by Gasteiger charge is -2.03. The van der Waals surface area contributed by atoms with Gasteiger partial charge in [-0.05, 0) is 12.8 Å². The first-order valence-corrected chi connectivity index (χ1v) is 3.62. The first-order chi connectivity index (χ1) is 5.16. The van der Waals surface area contributed by atoms with E-state index in [-0.39, 0.29) is 5.91 Å². The quantitative estimate of drug-likeness (QED) is 0.534. The highest BCUT2D eigenvalue weighted by Crippen LogP contribution is 2.02. The van der Waals surface area contributed by atoms with Gasteiger partial charge >= 0.3 is 0 Å². The fraction of sp³-hybridized carbons (Fsp3) is 0.714. The summed E-state index contributed by atoms with van der Waals surface area (Å²) in [6, 6.07) is 0. The van der Waals surface area contributed by atoms with Gasteiger partial charge in [-0.15, -0.1) is 0 Å². The first-order valence-electron chi connectivity index (χ1n) is 3.62. The van der Waals surface area contributed by atoms with Crippen LogP contribution in [0.15, 0.2) is 0 Å². The van der Waals surface area contributed by atoms with Crippen molar-refractivity contribution in [2.24, 2.45) is 5.73 Å². The number of primary amides is 1. The molecule has 1 rings (SSSR count). The van der Waals surface area contributed by atoms with Crippen LogP contribution in [0.2, 0.25) is 0 Å². The Balaban J connectivity index is 0.000000218. The SMILES string of the molecule is CC(N)=O.O=CN1CCCC1. The highest BCUT2D eigenvalue weighted by molar-refractivity contribution is 5.70. The summed E-state index contributed by atoms with van der Waals surface area (Å²) in [6.07, 6.45) is 3.31. The van der Waals surface area contributed by atoms with Crippen molar-refractivity contribution >= 4 is 12.3 Å². The number of nitrogens with zero attached hydrogens (tertiary/aromatic N) is 1. The van der Waals surface area contributed by atoms with E-state index in [1.54, 1.807) is 4.90 Å². The second-order valence-corrected chi connectivity index (χ2v) is 2.46. The van der Waals surface area contributed by atoms with Crippen molar-refractivity contribution in [2.45, 2.75) is 19.8 Å². The molecule has 0 saturated carbocycles. The van der Waals surface area contributed by atoms with E-state index in [9.17, 15) is 9.59 Å². The molecular weight excluding hydrogens is 144 g/mol. The number of carbonyl (C=O) groups excluding carboxylic acids is 2. The molecule has 0 aliphatic carbocycles. The van der Waals surface area contributed by atoms with E-state index in [0.717, 1.165) is 19.5 Å². The topological polar surface area (TPSA) is 63.4 Å². The minimum Gasteiger partial charge on any atom is -0.370 e. The molecule has 0 spiro atoms. The molecule has 0 aromatic heterocycles. The van der Waals surface area contributed by atoms with Gasteiger partial charge in [-0.25, -0.2) is 0 Å². The van der Waals surface area contributed by atoms with Crippen LogP contribution < -0.4 is 5.73 Å². The van der Waals surface area contributed by atoms with Gasteiger partial charge in [0.2, 0.25) is 12.3 Å². The number of hydrogen-bond donors (Lipinski definition) is 1. The summed E-state index contributed by atoms with van der Waals surface area (Å²) in [6.45, 7) is 3.26. The molecule has 1 fully saturated rings. The van der Waals surface area contributed by atoms with E-state index in [0.29, 0.717) is 0 Å². The molecule has 0 atom stereocenters. The molecule has 0 aromatic rings. The predicted molar refractivity (Wildman–Crippen MR) is 41.7 cm³/mol. The second kappa shape index (κ2) is 5.70. The van der Waals surface area contributed by atoms with Gasteiger partial charge < -0.3 is 10.6 Å². The van der Waals surface area contributed by atoms with Crippen LogP contribution >= 0.6 is 0 Å². The molecule has 0 radical (unpaired) electrons. The lowest BCUT2D eigenvalue weighted by molar-refractivity contribution is -0.117. The van der Waals surface area contributed by atoms with E-state index in [1.165, 1.54) is 19.8 Å². The van der Waals surface area contributed by atoms with Crippen molar-refractivity contribution < 1.29 is 9.59 Å². The summed E-state index contributed by atoms with van der Waals surface area (Å²) in [4.78, 5) is 21.0. The van der Waals surface area contributed by atoms with Crippen LogP contribution in [0.1, 0.15) is 19.8 Å². The van der Waals surface area contributed by atoms with Crippen molar-refractivity contribution in [3.05, 3.63) is 0 Å². The van der Waals surface area contributed by atoms with Gasteiger partial charge in [0.25, 0.3) is 0 Å². The number of carbonyl (C=O) groups is 2. The third-order valence-electron chi connectivity index (χ3n) is 1.29. The minimum atomic E-state index is -0.333. The van der Waals surface area contributed by atoms with Crippen LogP contribution in [0.4, 0.5) is 0 Å². The standard InChI is InChI=1S/C5H9NO.C2H5NO/c7-5-6-3-1-2-4-6;1-2(3)4/h5H,1-4H2;1H3,(H2,3,4). The lowest BCUT2D eigenvalue weighted by atomic mass is 10.4. The Kier molecular flexibility index (Phi) is 5.15. The number of rotatable bonds is 1. The average molecular weight is 158 g/mol. The lowest BCUT2D eigenvalue weighted by Crippen LogP contribution is -2.15. The summed E-state index contributed by atoms with van der Waals surface area (Å²) >= 11 is 0. The van der Waals surface area contributed by atoms with E-state index in [2.05, 4.69) is 5.73 Å². The number of hydrogen-bond acceptors (Lipinski definition) is 2. The van der Waals surface area contributed by atoms with Gasteiger partial charge in [-0.3, -0.25) is 9.59 Å². The van der Waals surface area contributed by atoms with E-state index in [1.807, 2.05) is 0 Å². The predicted octanol–water partition coefficient (Wildman–Crippen LogP) is -0.270. The van der Waals surface area contributed by atoms with Crippen molar-refractivity contribution in [1.82, 2.24) is 4.90 Å². The first kappa shape index (κ1) is 9.94. The molecule has 2 amide bonds. The molecule has 1 aliphatic heterocycles. The Hall–Kier alpha value is -1.06. The van der Waals surface area contributed by atoms with Gasteiger partial charge in [0.1, 0.15) is 0 Å². The monoisotopic (exact) mass is 158 g/mol. The molecule has 1 saturated heterocycles. The molecule has 1 heterocycles. The minimum absolute atomic E-state index is 0.333. The maximum Gasteiger partial charge on any atom is 0.214 e. The zero-order valence-electron chi connectivity index (χ0n) is 6.75. The van der Waals surface area contributed by atoms with Crippen LogP contribution in [0.3, 0.4) is 0 Å². The molecule has 11 heavy (non-hydrogen) atoms. The average Bonchev–Trinajstić information content (AvgIpc) is 2.36. The molecule has 2 N–H and O–H groups in total. The molecular formula is C7H14N2O2. The van der Waals surface area contributed by atoms with Gasteiger partial charge in [-0.2, -0.15) is 0 Å². The normalized spacial score (nSPS) is 15.2. The molecule has 4 heteroatoms. The van der Waals surface area contributed by atoms with E-state index in [4.69, 9.17) is 0 Å². The molecule has 0 unspecified atom stereocenters. The number of amides is 2. The van der Waals surface area contributed by atoms with Crippen LogP contribution in [-0.2, 0) is 9.59 Å². The van der Waals surface area contributed by atoms with Gasteiger partial charge in [0, 0.05) is 20.0 Å². The van der Waals surface area contributed by atoms with Gasteiger partial charge in [0.15, 0.2) is 0 Å². The Morgan fingerprint density at radius 2 is 1.82 bits per heavy atom. The largest absolute Gasteiger partial charge is 0.370 e. The van der Waals surface area contributed by atoms with Crippen molar-refractivity contribution in [3.8, 4) is 0 Å². The summed E-state index contributed by atoms with van der Waals surface area (Å²) in [5, 5.41) is 0. The summed E-state index contributed by atoms with van der Waals surface area (Å²) in [5.41, 5.74) is 4.47. The fourth-order valence-electron chi connectivity index (χ4n) is 0.847. The van der Waals surface area contributed by atoms with Crippen LogP contribution in [0, 0.1) is 0 Å². The summed E-state index contributed by atoms with van der Waals surface area (Å²) in [7, 11) is 0. The highest BCUT2D eigenvalue weighted by Gasteiger charge is 2.06. The third kappa shape index (κ3) is 6.83. The van der Waals surface area contributed by atoms with Crippen LogP contribution in [0.25, 0.3) is 0 Å².